The molecule has 0 aliphatic carbocycles. The molecular formula is C23H27N3O5. The molecule has 164 valence electrons. The van der Waals surface area contributed by atoms with E-state index in [1.807, 2.05) is 12.1 Å². The van der Waals surface area contributed by atoms with Gasteiger partial charge in [0.1, 0.15) is 6.61 Å². The maximum atomic E-state index is 12.5. The van der Waals surface area contributed by atoms with Gasteiger partial charge in [-0.3, -0.25) is 14.5 Å². The fourth-order valence-corrected chi connectivity index (χ4v) is 3.51. The van der Waals surface area contributed by atoms with E-state index in [-0.39, 0.29) is 18.4 Å². The highest BCUT2D eigenvalue weighted by Crippen LogP contribution is 2.31. The van der Waals surface area contributed by atoms with Crippen molar-refractivity contribution in [2.24, 2.45) is 0 Å². The smallest absolute Gasteiger partial charge is 0.269 e. The predicted molar refractivity (Wildman–Crippen MR) is 116 cm³/mol. The van der Waals surface area contributed by atoms with Crippen LogP contribution in [0.2, 0.25) is 0 Å². The van der Waals surface area contributed by atoms with Crippen LogP contribution in [0.5, 0.6) is 11.5 Å². The van der Waals surface area contributed by atoms with Gasteiger partial charge in [-0.1, -0.05) is 12.1 Å². The van der Waals surface area contributed by atoms with Gasteiger partial charge in [0.15, 0.2) is 11.5 Å². The van der Waals surface area contributed by atoms with Crippen LogP contribution in [-0.4, -0.2) is 68.8 Å². The van der Waals surface area contributed by atoms with Gasteiger partial charge in [-0.15, -0.1) is 0 Å². The van der Waals surface area contributed by atoms with E-state index in [1.165, 1.54) is 0 Å². The lowest BCUT2D eigenvalue weighted by atomic mass is 10.2. The van der Waals surface area contributed by atoms with Gasteiger partial charge >= 0.3 is 0 Å². The number of amides is 2. The second kappa shape index (κ2) is 10.3. The number of anilines is 1. The Hall–Kier alpha value is -3.10. The van der Waals surface area contributed by atoms with Crippen LogP contribution in [0.25, 0.3) is 0 Å². The molecule has 4 rings (SSSR count). The molecule has 1 atom stereocenters. The zero-order valence-corrected chi connectivity index (χ0v) is 17.3. The van der Waals surface area contributed by atoms with E-state index in [9.17, 15) is 9.59 Å². The molecule has 2 heterocycles. The quantitative estimate of drug-likeness (QED) is 0.659. The van der Waals surface area contributed by atoms with E-state index in [0.717, 1.165) is 39.3 Å². The molecule has 1 fully saturated rings. The van der Waals surface area contributed by atoms with E-state index in [0.29, 0.717) is 29.3 Å². The monoisotopic (exact) mass is 425 g/mol. The molecule has 0 saturated carbocycles. The topological polar surface area (TPSA) is 89.1 Å². The lowest BCUT2D eigenvalue weighted by molar-refractivity contribution is -0.125. The highest BCUT2D eigenvalue weighted by atomic mass is 16.6. The van der Waals surface area contributed by atoms with Crippen LogP contribution in [0.1, 0.15) is 16.8 Å². The number of morpholine rings is 1. The predicted octanol–water partition coefficient (Wildman–Crippen LogP) is 1.92. The number of nitrogens with one attached hydrogen (secondary N) is 2. The van der Waals surface area contributed by atoms with Gasteiger partial charge in [0, 0.05) is 30.9 Å². The van der Waals surface area contributed by atoms with Gasteiger partial charge in [0.05, 0.1) is 13.2 Å². The number of ether oxygens (including phenoxy) is 3. The highest BCUT2D eigenvalue weighted by molar-refractivity contribution is 5.97. The van der Waals surface area contributed by atoms with Gasteiger partial charge in [-0.2, -0.15) is 0 Å². The third-order valence-corrected chi connectivity index (χ3v) is 5.26. The maximum absolute atomic E-state index is 12.5. The van der Waals surface area contributed by atoms with Gasteiger partial charge in [0.25, 0.3) is 11.8 Å². The summed E-state index contributed by atoms with van der Waals surface area (Å²) in [6.45, 7) is 5.18. The standard InChI is InChI=1S/C23H27N3O5/c27-22(24-10-3-11-26-12-14-29-15-13-26)17-6-8-18(9-7-17)25-23(28)21-16-30-19-4-1-2-5-20(19)31-21/h1-2,4-9,21H,3,10-16H2,(H,24,27)(H,25,28)/t21-/m0/s1. The fourth-order valence-electron chi connectivity index (χ4n) is 3.51. The summed E-state index contributed by atoms with van der Waals surface area (Å²) in [5, 5.41) is 5.75. The Bertz CT molecular complexity index is 896. The first kappa shape index (κ1) is 21.1. The summed E-state index contributed by atoms with van der Waals surface area (Å²) in [6.07, 6.45) is 0.163. The van der Waals surface area contributed by atoms with Gasteiger partial charge < -0.3 is 24.8 Å². The van der Waals surface area contributed by atoms with Crippen LogP contribution < -0.4 is 20.1 Å². The van der Waals surface area contributed by atoms with E-state index < -0.39 is 6.10 Å². The molecule has 0 radical (unpaired) electrons. The van der Waals surface area contributed by atoms with Crippen LogP contribution in [0, 0.1) is 0 Å². The van der Waals surface area contributed by atoms with Crippen molar-refractivity contribution in [3.05, 3.63) is 54.1 Å². The number of hydrogen-bond donors (Lipinski definition) is 2. The van der Waals surface area contributed by atoms with Gasteiger partial charge in [0.2, 0.25) is 6.10 Å². The van der Waals surface area contributed by atoms with E-state index in [1.54, 1.807) is 36.4 Å². The zero-order valence-electron chi connectivity index (χ0n) is 17.3. The number of benzene rings is 2. The molecule has 2 N–H and O–H groups in total. The van der Waals surface area contributed by atoms with Crippen molar-refractivity contribution in [2.75, 3.05) is 51.3 Å². The molecule has 8 heteroatoms. The number of para-hydroxylation sites is 2. The Kier molecular flexibility index (Phi) is 7.01. The molecule has 2 aromatic carbocycles. The lowest BCUT2D eigenvalue weighted by Gasteiger charge is -2.26. The number of nitrogens with zero attached hydrogens (tertiary/aromatic N) is 1. The van der Waals surface area contributed by atoms with Crippen molar-refractivity contribution < 1.29 is 23.8 Å². The summed E-state index contributed by atoms with van der Waals surface area (Å²) in [5.74, 6) is 0.761. The Morgan fingerprint density at radius 1 is 1.00 bits per heavy atom. The van der Waals surface area contributed by atoms with Crippen molar-refractivity contribution in [3.8, 4) is 11.5 Å². The molecule has 2 aromatic rings. The molecule has 31 heavy (non-hydrogen) atoms. The largest absolute Gasteiger partial charge is 0.485 e. The number of carbonyl (C=O) groups excluding carboxylic acids is 2. The van der Waals surface area contributed by atoms with Crippen LogP contribution in [0.3, 0.4) is 0 Å². The van der Waals surface area contributed by atoms with Crippen LogP contribution >= 0.6 is 0 Å². The Morgan fingerprint density at radius 2 is 1.74 bits per heavy atom. The molecule has 0 bridgehead atoms. The first-order valence-electron chi connectivity index (χ1n) is 10.6. The third kappa shape index (κ3) is 5.74. The molecule has 1 saturated heterocycles. The highest BCUT2D eigenvalue weighted by Gasteiger charge is 2.27. The third-order valence-electron chi connectivity index (χ3n) is 5.26. The van der Waals surface area contributed by atoms with Crippen molar-refractivity contribution in [1.29, 1.82) is 0 Å². The summed E-state index contributed by atoms with van der Waals surface area (Å²) >= 11 is 0. The SMILES string of the molecule is O=C(NCCCN1CCOCC1)c1ccc(NC(=O)[C@@H]2COc3ccccc3O2)cc1. The second-order valence-electron chi connectivity index (χ2n) is 7.49. The number of rotatable bonds is 7. The molecule has 2 aliphatic heterocycles. The van der Waals surface area contributed by atoms with Crippen molar-refractivity contribution >= 4 is 17.5 Å². The van der Waals surface area contributed by atoms with Crippen molar-refractivity contribution in [3.63, 3.8) is 0 Å². The summed E-state index contributed by atoms with van der Waals surface area (Å²) in [6, 6.07) is 14.1. The molecular weight excluding hydrogens is 398 g/mol. The molecule has 8 nitrogen and oxygen atoms in total. The summed E-state index contributed by atoms with van der Waals surface area (Å²) in [7, 11) is 0. The second-order valence-corrected chi connectivity index (χ2v) is 7.49. The van der Waals surface area contributed by atoms with Crippen LogP contribution in [0.4, 0.5) is 5.69 Å². The zero-order chi connectivity index (χ0) is 21.5. The van der Waals surface area contributed by atoms with Gasteiger partial charge in [-0.05, 0) is 49.4 Å². The first-order chi connectivity index (χ1) is 15.2. The average Bonchev–Trinajstić information content (AvgIpc) is 2.82. The van der Waals surface area contributed by atoms with Crippen molar-refractivity contribution in [2.45, 2.75) is 12.5 Å². The number of carbonyl (C=O) groups is 2. The average molecular weight is 425 g/mol. The Balaban J connectivity index is 1.21. The molecule has 0 unspecified atom stereocenters. The minimum Gasteiger partial charge on any atom is -0.485 e. The summed E-state index contributed by atoms with van der Waals surface area (Å²) < 4.78 is 16.6. The minimum absolute atomic E-state index is 0.125. The minimum atomic E-state index is -0.732. The Morgan fingerprint density at radius 3 is 2.52 bits per heavy atom. The molecule has 2 amide bonds. The maximum Gasteiger partial charge on any atom is 0.269 e. The van der Waals surface area contributed by atoms with Crippen molar-refractivity contribution in [1.82, 2.24) is 10.2 Å². The summed E-state index contributed by atoms with van der Waals surface area (Å²) in [5.41, 5.74) is 1.15. The fraction of sp³-hybridized carbons (Fsp3) is 0.391. The number of fused-ring (bicyclic) bond motifs is 1. The van der Waals surface area contributed by atoms with E-state index in [2.05, 4.69) is 15.5 Å². The number of hydrogen-bond acceptors (Lipinski definition) is 6. The summed E-state index contributed by atoms with van der Waals surface area (Å²) in [4.78, 5) is 27.2. The molecule has 0 spiro atoms. The van der Waals surface area contributed by atoms with Crippen LogP contribution in [0.15, 0.2) is 48.5 Å². The van der Waals surface area contributed by atoms with E-state index in [4.69, 9.17) is 14.2 Å². The van der Waals surface area contributed by atoms with Crippen LogP contribution in [-0.2, 0) is 9.53 Å². The molecule has 0 aromatic heterocycles. The normalized spacial score (nSPS) is 18.3. The lowest BCUT2D eigenvalue weighted by Crippen LogP contribution is -2.40. The van der Waals surface area contributed by atoms with Gasteiger partial charge in [-0.25, -0.2) is 0 Å². The molecule has 2 aliphatic rings. The first-order valence-corrected chi connectivity index (χ1v) is 10.6. The van der Waals surface area contributed by atoms with E-state index >= 15 is 0 Å². The Labute approximate surface area is 181 Å².